The van der Waals surface area contributed by atoms with Crippen molar-refractivity contribution in [3.8, 4) is 11.1 Å². The summed E-state index contributed by atoms with van der Waals surface area (Å²) >= 11 is 6.50. The molecule has 0 aliphatic heterocycles. The lowest BCUT2D eigenvalue weighted by Gasteiger charge is -2.19. The summed E-state index contributed by atoms with van der Waals surface area (Å²) in [4.78, 5) is 15.6. The molecule has 4 nitrogen and oxygen atoms in total. The van der Waals surface area contributed by atoms with Crippen molar-refractivity contribution >= 4 is 34.1 Å². The number of rotatable bonds is 6. The fourth-order valence-electron chi connectivity index (χ4n) is 3.66. The van der Waals surface area contributed by atoms with Crippen molar-refractivity contribution in [2.24, 2.45) is 0 Å². The van der Waals surface area contributed by atoms with Crippen LogP contribution in [0.4, 0.5) is 10.1 Å². The van der Waals surface area contributed by atoms with Crippen LogP contribution in [0.2, 0.25) is 5.02 Å². The Morgan fingerprint density at radius 1 is 1.06 bits per heavy atom. The van der Waals surface area contributed by atoms with Crippen LogP contribution in [0.5, 0.6) is 0 Å². The average molecular weight is 448 g/mol. The molecule has 1 heterocycles. The van der Waals surface area contributed by atoms with Crippen LogP contribution in [0, 0.1) is 5.82 Å². The molecule has 0 aliphatic carbocycles. The molecule has 0 fully saturated rings. The van der Waals surface area contributed by atoms with Gasteiger partial charge in [0, 0.05) is 30.6 Å². The van der Waals surface area contributed by atoms with Gasteiger partial charge in [0.1, 0.15) is 5.82 Å². The molecule has 162 valence electrons. The van der Waals surface area contributed by atoms with Gasteiger partial charge in [-0.05, 0) is 41.8 Å². The minimum absolute atomic E-state index is 0.0578. The number of nitrogens with zero attached hydrogens (tertiary/aromatic N) is 1. The molecule has 0 radical (unpaired) electrons. The Labute approximate surface area is 191 Å². The van der Waals surface area contributed by atoms with Crippen LogP contribution < -0.4 is 10.6 Å². The maximum absolute atomic E-state index is 14.3. The first-order valence-corrected chi connectivity index (χ1v) is 10.7. The van der Waals surface area contributed by atoms with E-state index in [0.29, 0.717) is 17.1 Å². The molecule has 0 saturated carbocycles. The van der Waals surface area contributed by atoms with E-state index in [0.717, 1.165) is 33.3 Å². The molecule has 0 aliphatic rings. The van der Waals surface area contributed by atoms with E-state index in [2.05, 4.69) is 15.6 Å². The number of benzene rings is 3. The van der Waals surface area contributed by atoms with Crippen molar-refractivity contribution in [3.05, 3.63) is 94.9 Å². The number of amides is 1. The quantitative estimate of drug-likeness (QED) is 0.354. The van der Waals surface area contributed by atoms with Crippen LogP contribution >= 0.6 is 11.6 Å². The van der Waals surface area contributed by atoms with Crippen molar-refractivity contribution in [3.63, 3.8) is 0 Å². The van der Waals surface area contributed by atoms with E-state index in [9.17, 15) is 9.18 Å². The topological polar surface area (TPSA) is 54.0 Å². The summed E-state index contributed by atoms with van der Waals surface area (Å²) in [7, 11) is 0. The van der Waals surface area contributed by atoms with Gasteiger partial charge in [0.25, 0.3) is 0 Å². The summed E-state index contributed by atoms with van der Waals surface area (Å²) < 4.78 is 14.3. The maximum atomic E-state index is 14.3. The van der Waals surface area contributed by atoms with Gasteiger partial charge in [0.05, 0.1) is 22.3 Å². The highest BCUT2D eigenvalue weighted by atomic mass is 35.5. The Morgan fingerprint density at radius 2 is 1.78 bits per heavy atom. The second-order valence-corrected chi connectivity index (χ2v) is 8.11. The number of fused-ring (bicyclic) bond motifs is 1. The van der Waals surface area contributed by atoms with Crippen molar-refractivity contribution < 1.29 is 9.18 Å². The summed E-state index contributed by atoms with van der Waals surface area (Å²) in [5.41, 5.74) is 5.15. The predicted molar refractivity (Wildman–Crippen MR) is 128 cm³/mol. The largest absolute Gasteiger partial charge is 0.377 e. The van der Waals surface area contributed by atoms with E-state index < -0.39 is 0 Å². The number of carbonyl (C=O) groups is 1. The number of anilines is 1. The molecule has 6 heteroatoms. The molecule has 3 aromatic carbocycles. The molecule has 0 bridgehead atoms. The van der Waals surface area contributed by atoms with E-state index in [1.807, 2.05) is 55.5 Å². The fraction of sp³-hybridized carbons (Fsp3) is 0.154. The zero-order valence-corrected chi connectivity index (χ0v) is 18.6. The van der Waals surface area contributed by atoms with Gasteiger partial charge in [-0.25, -0.2) is 4.39 Å². The van der Waals surface area contributed by atoms with Gasteiger partial charge in [0.15, 0.2) is 0 Å². The minimum Gasteiger partial charge on any atom is -0.377 e. The summed E-state index contributed by atoms with van der Waals surface area (Å²) in [5, 5.41) is 7.51. The van der Waals surface area contributed by atoms with E-state index >= 15 is 0 Å². The number of hydrogen-bond acceptors (Lipinski definition) is 3. The second-order valence-electron chi connectivity index (χ2n) is 7.71. The molecule has 32 heavy (non-hydrogen) atoms. The Bertz CT molecular complexity index is 1270. The average Bonchev–Trinajstić information content (AvgIpc) is 2.80. The van der Waals surface area contributed by atoms with E-state index in [4.69, 9.17) is 11.6 Å². The molecule has 2 N–H and O–H groups in total. The monoisotopic (exact) mass is 447 g/mol. The number of nitrogens with one attached hydrogen (secondary N) is 2. The van der Waals surface area contributed by atoms with Crippen LogP contribution in [0.3, 0.4) is 0 Å². The predicted octanol–water partition coefficient (Wildman–Crippen LogP) is 6.50. The third-order valence-corrected chi connectivity index (χ3v) is 5.67. The molecule has 1 atom stereocenters. The lowest BCUT2D eigenvalue weighted by molar-refractivity contribution is -0.119. The SMILES string of the molecule is CC(=O)NCc1ccc(-c2ccc3ncc(Cl)c(NC(C)c4ccccc4F)c3c2)cc1. The number of carbonyl (C=O) groups excluding carboxylic acids is 1. The Kier molecular flexibility index (Phi) is 6.37. The van der Waals surface area contributed by atoms with Crippen LogP contribution in [0.1, 0.15) is 31.0 Å². The zero-order chi connectivity index (χ0) is 22.7. The summed E-state index contributed by atoms with van der Waals surface area (Å²) in [6, 6.07) is 20.4. The Balaban J connectivity index is 1.67. The van der Waals surface area contributed by atoms with Crippen molar-refractivity contribution in [1.82, 2.24) is 10.3 Å². The molecular weight excluding hydrogens is 425 g/mol. The van der Waals surface area contributed by atoms with Gasteiger partial charge in [0.2, 0.25) is 5.91 Å². The maximum Gasteiger partial charge on any atom is 0.217 e. The lowest BCUT2D eigenvalue weighted by atomic mass is 10.0. The van der Waals surface area contributed by atoms with Gasteiger partial charge in [-0.15, -0.1) is 0 Å². The molecule has 4 rings (SSSR count). The number of halogens is 2. The summed E-state index contributed by atoms with van der Waals surface area (Å²) in [6.07, 6.45) is 1.61. The molecule has 1 amide bonds. The van der Waals surface area contributed by atoms with Crippen LogP contribution in [-0.4, -0.2) is 10.9 Å². The number of hydrogen-bond donors (Lipinski definition) is 2. The zero-order valence-electron chi connectivity index (χ0n) is 17.8. The van der Waals surface area contributed by atoms with E-state index in [-0.39, 0.29) is 17.8 Å². The van der Waals surface area contributed by atoms with Gasteiger partial charge < -0.3 is 10.6 Å². The van der Waals surface area contributed by atoms with Gasteiger partial charge in [-0.2, -0.15) is 0 Å². The molecule has 0 spiro atoms. The number of aromatic nitrogens is 1. The van der Waals surface area contributed by atoms with Gasteiger partial charge >= 0.3 is 0 Å². The molecule has 4 aromatic rings. The molecular formula is C26H23ClFN3O. The van der Waals surface area contributed by atoms with Crippen LogP contribution in [0.25, 0.3) is 22.0 Å². The van der Waals surface area contributed by atoms with E-state index in [1.165, 1.54) is 13.0 Å². The standard InChI is InChI=1S/C26H23ClFN3O/c1-16(21-5-3-4-6-24(21)28)31-26-22-13-20(11-12-25(22)30-15-23(26)27)19-9-7-18(8-10-19)14-29-17(2)32/h3-13,15-16H,14H2,1-2H3,(H,29,32)(H,30,31). The highest BCUT2D eigenvalue weighted by Gasteiger charge is 2.15. The third-order valence-electron chi connectivity index (χ3n) is 5.38. The normalized spacial score (nSPS) is 11.9. The molecule has 0 saturated heterocycles. The first-order valence-electron chi connectivity index (χ1n) is 10.4. The number of pyridine rings is 1. The van der Waals surface area contributed by atoms with Crippen LogP contribution in [-0.2, 0) is 11.3 Å². The minimum atomic E-state index is -0.281. The highest BCUT2D eigenvalue weighted by Crippen LogP contribution is 2.35. The highest BCUT2D eigenvalue weighted by molar-refractivity contribution is 6.34. The van der Waals surface area contributed by atoms with E-state index in [1.54, 1.807) is 18.3 Å². The lowest BCUT2D eigenvalue weighted by Crippen LogP contribution is -2.18. The first kappa shape index (κ1) is 21.8. The van der Waals surface area contributed by atoms with Gasteiger partial charge in [-0.1, -0.05) is 60.1 Å². The first-order chi connectivity index (χ1) is 15.4. The second kappa shape index (κ2) is 9.37. The van der Waals surface area contributed by atoms with Crippen LogP contribution in [0.15, 0.2) is 72.9 Å². The molecule has 1 aromatic heterocycles. The van der Waals surface area contributed by atoms with Crippen molar-refractivity contribution in [2.75, 3.05) is 5.32 Å². The Morgan fingerprint density at radius 3 is 2.50 bits per heavy atom. The third kappa shape index (κ3) is 4.73. The summed E-state index contributed by atoms with van der Waals surface area (Å²) in [5.74, 6) is -0.320. The van der Waals surface area contributed by atoms with Crippen molar-refractivity contribution in [2.45, 2.75) is 26.4 Å². The molecule has 1 unspecified atom stereocenters. The van der Waals surface area contributed by atoms with Gasteiger partial charge in [-0.3, -0.25) is 9.78 Å². The Hall–Kier alpha value is -3.44. The smallest absolute Gasteiger partial charge is 0.217 e. The summed E-state index contributed by atoms with van der Waals surface area (Å²) in [6.45, 7) is 3.90. The van der Waals surface area contributed by atoms with Crippen molar-refractivity contribution in [1.29, 1.82) is 0 Å². The fourth-order valence-corrected chi connectivity index (χ4v) is 3.86.